The van der Waals surface area contributed by atoms with E-state index in [0.29, 0.717) is 6.61 Å². The second kappa shape index (κ2) is 6.62. The van der Waals surface area contributed by atoms with E-state index in [0.717, 1.165) is 12.8 Å². The van der Waals surface area contributed by atoms with Crippen LogP contribution in [-0.2, 0) is 9.53 Å². The Bertz CT molecular complexity index is 121. The van der Waals surface area contributed by atoms with Crippen LogP contribution < -0.4 is 0 Å². The summed E-state index contributed by atoms with van der Waals surface area (Å²) in [6, 6.07) is 0. The summed E-state index contributed by atoms with van der Waals surface area (Å²) in [5, 5.41) is -0.503. The van der Waals surface area contributed by atoms with E-state index < -0.39 is 5.24 Å². The van der Waals surface area contributed by atoms with Crippen molar-refractivity contribution in [2.24, 2.45) is 0 Å². The van der Waals surface area contributed by atoms with Gasteiger partial charge in [0.05, 0.1) is 12.9 Å². The van der Waals surface area contributed by atoms with Gasteiger partial charge in [0.1, 0.15) is 0 Å². The van der Waals surface area contributed by atoms with Gasteiger partial charge in [-0.1, -0.05) is 13.3 Å². The lowest BCUT2D eigenvalue weighted by Gasteiger charge is -1.95. The number of carbonyl (C=O) groups excluding carboxylic acids is 1. The number of ether oxygens (including phenoxy) is 1. The van der Waals surface area contributed by atoms with Crippen LogP contribution in [0.3, 0.4) is 0 Å². The van der Waals surface area contributed by atoms with Crippen LogP contribution in [0, 0.1) is 0 Å². The number of halogens is 1. The van der Waals surface area contributed by atoms with Crippen molar-refractivity contribution in [2.75, 3.05) is 6.61 Å². The molecule has 0 saturated carbocycles. The van der Waals surface area contributed by atoms with E-state index in [9.17, 15) is 4.79 Å². The van der Waals surface area contributed by atoms with Gasteiger partial charge in [-0.15, -0.1) is 0 Å². The Hall–Kier alpha value is -0.500. The minimum absolute atomic E-state index is 0.503. The Morgan fingerprint density at radius 1 is 1.70 bits per heavy atom. The monoisotopic (exact) mass is 162 g/mol. The standard InChI is InChI=1S/C7H11ClO2/c1-2-3-5-10-6-4-7(8)9/h4,6H,2-3,5H2,1H3/b6-4+. The average molecular weight is 163 g/mol. The summed E-state index contributed by atoms with van der Waals surface area (Å²) < 4.78 is 4.90. The normalized spacial score (nSPS) is 10.2. The van der Waals surface area contributed by atoms with Crippen molar-refractivity contribution in [3.63, 3.8) is 0 Å². The van der Waals surface area contributed by atoms with Gasteiger partial charge < -0.3 is 4.74 Å². The number of rotatable bonds is 5. The SMILES string of the molecule is CCCCO/C=C/C(=O)Cl. The quantitative estimate of drug-likeness (QED) is 0.268. The summed E-state index contributed by atoms with van der Waals surface area (Å²) >= 11 is 4.98. The van der Waals surface area contributed by atoms with Gasteiger partial charge in [0, 0.05) is 6.08 Å². The molecule has 10 heavy (non-hydrogen) atoms. The van der Waals surface area contributed by atoms with Crippen molar-refractivity contribution in [3.8, 4) is 0 Å². The molecule has 0 aliphatic carbocycles. The number of allylic oxidation sites excluding steroid dienone is 1. The summed E-state index contributed by atoms with van der Waals surface area (Å²) in [7, 11) is 0. The Balaban J connectivity index is 3.10. The third-order valence-electron chi connectivity index (χ3n) is 0.911. The number of carbonyl (C=O) groups is 1. The maximum absolute atomic E-state index is 10.1. The maximum Gasteiger partial charge on any atom is 0.248 e. The van der Waals surface area contributed by atoms with Crippen molar-refractivity contribution in [2.45, 2.75) is 19.8 Å². The summed E-state index contributed by atoms with van der Waals surface area (Å²) in [5.74, 6) is 0. The molecule has 0 saturated heterocycles. The van der Waals surface area contributed by atoms with Crippen LogP contribution in [0.1, 0.15) is 19.8 Å². The molecule has 58 valence electrons. The van der Waals surface area contributed by atoms with Gasteiger partial charge in [-0.25, -0.2) is 0 Å². The molecular weight excluding hydrogens is 152 g/mol. The lowest BCUT2D eigenvalue weighted by atomic mass is 10.4. The van der Waals surface area contributed by atoms with Gasteiger partial charge in [0.15, 0.2) is 0 Å². The van der Waals surface area contributed by atoms with Gasteiger partial charge >= 0.3 is 0 Å². The molecule has 3 heteroatoms. The smallest absolute Gasteiger partial charge is 0.248 e. The average Bonchev–Trinajstić information content (AvgIpc) is 1.87. The molecule has 0 aromatic carbocycles. The minimum atomic E-state index is -0.503. The molecule has 0 amide bonds. The molecule has 0 N–H and O–H groups in total. The van der Waals surface area contributed by atoms with Crippen molar-refractivity contribution in [3.05, 3.63) is 12.3 Å². The summed E-state index contributed by atoms with van der Waals surface area (Å²) in [4.78, 5) is 10.1. The third kappa shape index (κ3) is 7.50. The van der Waals surface area contributed by atoms with Crippen molar-refractivity contribution >= 4 is 16.8 Å². The van der Waals surface area contributed by atoms with E-state index in [-0.39, 0.29) is 0 Å². The van der Waals surface area contributed by atoms with Crippen LogP contribution in [0.25, 0.3) is 0 Å². The molecule has 0 aliphatic heterocycles. The van der Waals surface area contributed by atoms with Gasteiger partial charge in [0.25, 0.3) is 0 Å². The van der Waals surface area contributed by atoms with E-state index in [1.807, 2.05) is 0 Å². The summed E-state index contributed by atoms with van der Waals surface area (Å²) in [6.07, 6.45) is 4.60. The first-order chi connectivity index (χ1) is 4.77. The third-order valence-corrected chi connectivity index (χ3v) is 1.04. The predicted octanol–water partition coefficient (Wildman–Crippen LogP) is 2.08. The molecule has 0 unspecified atom stereocenters. The van der Waals surface area contributed by atoms with E-state index in [4.69, 9.17) is 16.3 Å². The fourth-order valence-corrected chi connectivity index (χ4v) is 0.449. The highest BCUT2D eigenvalue weighted by Gasteiger charge is 1.84. The molecule has 0 heterocycles. The number of unbranched alkanes of at least 4 members (excludes halogenated alkanes) is 1. The summed E-state index contributed by atoms with van der Waals surface area (Å²) in [5.41, 5.74) is 0. The lowest BCUT2D eigenvalue weighted by Crippen LogP contribution is -1.86. The topological polar surface area (TPSA) is 26.3 Å². The van der Waals surface area contributed by atoms with Gasteiger partial charge in [-0.05, 0) is 18.0 Å². The van der Waals surface area contributed by atoms with E-state index in [1.54, 1.807) is 0 Å². The Kier molecular flexibility index (Phi) is 6.29. The molecular formula is C7H11ClO2. The molecule has 0 aromatic heterocycles. The van der Waals surface area contributed by atoms with Gasteiger partial charge in [-0.3, -0.25) is 4.79 Å². The first kappa shape index (κ1) is 9.50. The molecule has 2 nitrogen and oxygen atoms in total. The largest absolute Gasteiger partial charge is 0.501 e. The van der Waals surface area contributed by atoms with Crippen LogP contribution in [-0.4, -0.2) is 11.8 Å². The van der Waals surface area contributed by atoms with Crippen molar-refractivity contribution < 1.29 is 9.53 Å². The zero-order valence-electron chi connectivity index (χ0n) is 5.97. The van der Waals surface area contributed by atoms with Gasteiger partial charge in [-0.2, -0.15) is 0 Å². The van der Waals surface area contributed by atoms with Crippen molar-refractivity contribution in [1.29, 1.82) is 0 Å². The Morgan fingerprint density at radius 2 is 2.40 bits per heavy atom. The molecule has 0 fully saturated rings. The lowest BCUT2D eigenvalue weighted by molar-refractivity contribution is -0.107. The highest BCUT2D eigenvalue weighted by atomic mass is 35.5. The summed E-state index contributed by atoms with van der Waals surface area (Å²) in [6.45, 7) is 2.72. The second-order valence-corrected chi connectivity index (χ2v) is 2.20. The molecule has 0 bridgehead atoms. The Morgan fingerprint density at radius 3 is 2.90 bits per heavy atom. The maximum atomic E-state index is 10.1. The number of hydrogen-bond donors (Lipinski definition) is 0. The van der Waals surface area contributed by atoms with Crippen LogP contribution >= 0.6 is 11.6 Å². The van der Waals surface area contributed by atoms with Crippen LogP contribution in [0.15, 0.2) is 12.3 Å². The van der Waals surface area contributed by atoms with Crippen LogP contribution in [0.5, 0.6) is 0 Å². The first-order valence-electron chi connectivity index (χ1n) is 3.25. The molecule has 0 atom stereocenters. The Labute approximate surface area is 65.8 Å². The number of hydrogen-bond acceptors (Lipinski definition) is 2. The molecule has 0 rings (SSSR count). The zero-order chi connectivity index (χ0) is 7.82. The fourth-order valence-electron chi connectivity index (χ4n) is 0.397. The van der Waals surface area contributed by atoms with Gasteiger partial charge in [0.2, 0.25) is 5.24 Å². The molecule has 0 aliphatic rings. The first-order valence-corrected chi connectivity index (χ1v) is 3.62. The predicted molar refractivity (Wildman–Crippen MR) is 40.9 cm³/mol. The van der Waals surface area contributed by atoms with E-state index >= 15 is 0 Å². The van der Waals surface area contributed by atoms with E-state index in [1.165, 1.54) is 12.3 Å². The van der Waals surface area contributed by atoms with E-state index in [2.05, 4.69) is 6.92 Å². The van der Waals surface area contributed by atoms with Crippen molar-refractivity contribution in [1.82, 2.24) is 0 Å². The second-order valence-electron chi connectivity index (χ2n) is 1.83. The molecule has 0 aromatic rings. The van der Waals surface area contributed by atoms with Crippen LogP contribution in [0.4, 0.5) is 0 Å². The fraction of sp³-hybridized carbons (Fsp3) is 0.571. The minimum Gasteiger partial charge on any atom is -0.501 e. The van der Waals surface area contributed by atoms with Crippen LogP contribution in [0.2, 0.25) is 0 Å². The highest BCUT2D eigenvalue weighted by molar-refractivity contribution is 6.66. The zero-order valence-corrected chi connectivity index (χ0v) is 6.73. The highest BCUT2D eigenvalue weighted by Crippen LogP contribution is 1.89. The molecule has 0 spiro atoms. The molecule has 0 radical (unpaired) electrons.